The number of carbonyl (C=O) groups excluding carboxylic acids is 1. The van der Waals surface area contributed by atoms with E-state index in [1.54, 1.807) is 0 Å². The van der Waals surface area contributed by atoms with E-state index in [0.717, 1.165) is 37.9 Å². The first kappa shape index (κ1) is 13.3. The van der Waals surface area contributed by atoms with Crippen LogP contribution in [0.5, 0.6) is 0 Å². The molecule has 2 unspecified atom stereocenters. The van der Waals surface area contributed by atoms with E-state index in [4.69, 9.17) is 0 Å². The second-order valence-corrected chi connectivity index (χ2v) is 5.21. The zero-order valence-corrected chi connectivity index (χ0v) is 11.4. The molecule has 0 radical (unpaired) electrons. The Balaban J connectivity index is 1.99. The largest absolute Gasteiger partial charge is 0.302 e. The van der Waals surface area contributed by atoms with Crippen LogP contribution in [-0.4, -0.2) is 33.6 Å². The van der Waals surface area contributed by atoms with Crippen LogP contribution in [0.25, 0.3) is 0 Å². The van der Waals surface area contributed by atoms with Crippen molar-refractivity contribution < 1.29 is 4.79 Å². The van der Waals surface area contributed by atoms with Gasteiger partial charge in [0.05, 0.1) is 11.7 Å². The monoisotopic (exact) mass is 249 g/mol. The normalized spacial score (nSPS) is 22.9. The van der Waals surface area contributed by atoms with Crippen LogP contribution in [0.1, 0.15) is 51.3 Å². The van der Waals surface area contributed by atoms with Gasteiger partial charge in [0, 0.05) is 18.8 Å². The summed E-state index contributed by atoms with van der Waals surface area (Å²) in [6.07, 6.45) is 7.57. The highest BCUT2D eigenvalue weighted by Crippen LogP contribution is 2.18. The maximum Gasteiger partial charge on any atom is 0.137 e. The predicted octanol–water partition coefficient (Wildman–Crippen LogP) is 2.41. The Kier molecular flexibility index (Phi) is 4.53. The van der Waals surface area contributed by atoms with E-state index in [1.165, 1.54) is 12.8 Å². The van der Waals surface area contributed by atoms with Gasteiger partial charge in [-0.3, -0.25) is 9.58 Å². The lowest BCUT2D eigenvalue weighted by molar-refractivity contribution is -0.113. The molecule has 1 aliphatic rings. The van der Waals surface area contributed by atoms with E-state index in [2.05, 4.69) is 29.9 Å². The number of aldehydes is 1. The van der Waals surface area contributed by atoms with Gasteiger partial charge in [-0.2, -0.15) is 5.10 Å². The number of rotatable bonds is 5. The highest BCUT2D eigenvalue weighted by molar-refractivity contribution is 5.57. The molecule has 0 amide bonds. The fraction of sp³-hybridized carbons (Fsp3) is 0.714. The number of nitrogens with zero attached hydrogens (tertiary/aromatic N) is 3. The van der Waals surface area contributed by atoms with Crippen molar-refractivity contribution in [1.29, 1.82) is 0 Å². The van der Waals surface area contributed by atoms with Gasteiger partial charge >= 0.3 is 0 Å². The van der Waals surface area contributed by atoms with Crippen LogP contribution in [0.2, 0.25) is 0 Å². The van der Waals surface area contributed by atoms with Crippen LogP contribution >= 0.6 is 0 Å². The van der Waals surface area contributed by atoms with Gasteiger partial charge in [0.25, 0.3) is 0 Å². The Morgan fingerprint density at radius 3 is 3.11 bits per heavy atom. The van der Waals surface area contributed by atoms with E-state index in [0.29, 0.717) is 6.04 Å². The Bertz CT molecular complexity index is 388. The molecule has 2 heterocycles. The van der Waals surface area contributed by atoms with Gasteiger partial charge in [-0.25, -0.2) is 0 Å². The first-order chi connectivity index (χ1) is 8.74. The average molecular weight is 249 g/mol. The van der Waals surface area contributed by atoms with Crippen LogP contribution in [-0.2, 0) is 11.3 Å². The lowest BCUT2D eigenvalue weighted by atomic mass is 10.0. The Morgan fingerprint density at radius 1 is 1.56 bits per heavy atom. The number of hydrogen-bond acceptors (Lipinski definition) is 3. The molecule has 0 aromatic carbocycles. The smallest absolute Gasteiger partial charge is 0.137 e. The summed E-state index contributed by atoms with van der Waals surface area (Å²) in [7, 11) is 0. The highest BCUT2D eigenvalue weighted by atomic mass is 16.1. The number of hydrogen-bond donors (Lipinski definition) is 0. The van der Waals surface area contributed by atoms with E-state index >= 15 is 0 Å². The molecular weight excluding hydrogens is 226 g/mol. The molecule has 0 N–H and O–H groups in total. The number of carbonyl (C=O) groups is 1. The van der Waals surface area contributed by atoms with Crippen molar-refractivity contribution in [3.05, 3.63) is 18.0 Å². The van der Waals surface area contributed by atoms with Crippen molar-refractivity contribution in [2.75, 3.05) is 6.54 Å². The summed E-state index contributed by atoms with van der Waals surface area (Å²) in [5, 5.41) is 4.60. The van der Waals surface area contributed by atoms with Crippen molar-refractivity contribution in [2.45, 2.75) is 58.2 Å². The molecule has 4 nitrogen and oxygen atoms in total. The molecule has 0 bridgehead atoms. The third-order valence-corrected chi connectivity index (χ3v) is 3.89. The van der Waals surface area contributed by atoms with Crippen LogP contribution in [0, 0.1) is 0 Å². The van der Waals surface area contributed by atoms with Crippen molar-refractivity contribution in [3.8, 4) is 0 Å². The van der Waals surface area contributed by atoms with Crippen molar-refractivity contribution in [1.82, 2.24) is 14.7 Å². The maximum absolute atomic E-state index is 11.1. The molecule has 1 fully saturated rings. The van der Waals surface area contributed by atoms with Crippen molar-refractivity contribution in [2.24, 2.45) is 0 Å². The highest BCUT2D eigenvalue weighted by Gasteiger charge is 2.22. The third kappa shape index (κ3) is 2.99. The molecule has 100 valence electrons. The molecule has 18 heavy (non-hydrogen) atoms. The molecule has 2 rings (SSSR count). The second-order valence-electron chi connectivity index (χ2n) is 5.21. The molecule has 0 aliphatic carbocycles. The first-order valence-electron chi connectivity index (χ1n) is 6.98. The molecule has 1 aliphatic heterocycles. The summed E-state index contributed by atoms with van der Waals surface area (Å²) in [5.41, 5.74) is 1.07. The standard InChI is InChI=1S/C14H23N3O/c1-3-12(2)17-9-7-13(15-17)10-16-8-5-4-6-14(16)11-18/h7,9,11-12,14H,3-6,8,10H2,1-2H3. The minimum absolute atomic E-state index is 0.0903. The van der Waals surface area contributed by atoms with Crippen LogP contribution in [0.4, 0.5) is 0 Å². The lowest BCUT2D eigenvalue weighted by Gasteiger charge is -2.31. The Hall–Kier alpha value is -1.16. The fourth-order valence-electron chi connectivity index (χ4n) is 2.47. The summed E-state index contributed by atoms with van der Waals surface area (Å²) >= 11 is 0. The fourth-order valence-corrected chi connectivity index (χ4v) is 2.47. The minimum atomic E-state index is 0.0903. The second kappa shape index (κ2) is 6.14. The summed E-state index contributed by atoms with van der Waals surface area (Å²) in [4.78, 5) is 13.3. The molecular formula is C14H23N3O. The van der Waals surface area contributed by atoms with Crippen molar-refractivity contribution >= 4 is 6.29 Å². The van der Waals surface area contributed by atoms with Crippen LogP contribution < -0.4 is 0 Å². The maximum atomic E-state index is 11.1. The van der Waals surface area contributed by atoms with Gasteiger partial charge in [0.2, 0.25) is 0 Å². The van der Waals surface area contributed by atoms with E-state index in [9.17, 15) is 4.79 Å². The number of aromatic nitrogens is 2. The topological polar surface area (TPSA) is 38.1 Å². The van der Waals surface area contributed by atoms with Crippen LogP contribution in [0.3, 0.4) is 0 Å². The zero-order chi connectivity index (χ0) is 13.0. The van der Waals surface area contributed by atoms with E-state index < -0.39 is 0 Å². The first-order valence-corrected chi connectivity index (χ1v) is 6.98. The van der Waals surface area contributed by atoms with Gasteiger partial charge in [-0.1, -0.05) is 13.3 Å². The molecule has 1 aromatic heterocycles. The average Bonchev–Trinajstić information content (AvgIpc) is 2.87. The number of likely N-dealkylation sites (tertiary alicyclic amines) is 1. The summed E-state index contributed by atoms with van der Waals surface area (Å²) in [6.45, 7) is 6.15. The lowest BCUT2D eigenvalue weighted by Crippen LogP contribution is -2.40. The molecule has 0 spiro atoms. The SMILES string of the molecule is CCC(C)n1ccc(CN2CCCCC2C=O)n1. The molecule has 4 heteroatoms. The van der Waals surface area contributed by atoms with Gasteiger partial charge < -0.3 is 4.79 Å². The molecule has 1 saturated heterocycles. The summed E-state index contributed by atoms with van der Waals surface area (Å²) in [5.74, 6) is 0. The van der Waals surface area contributed by atoms with E-state index in [-0.39, 0.29) is 6.04 Å². The van der Waals surface area contributed by atoms with Crippen LogP contribution in [0.15, 0.2) is 12.3 Å². The number of piperidine rings is 1. The minimum Gasteiger partial charge on any atom is -0.302 e. The Morgan fingerprint density at radius 2 is 2.39 bits per heavy atom. The summed E-state index contributed by atoms with van der Waals surface area (Å²) < 4.78 is 2.02. The van der Waals surface area contributed by atoms with Crippen molar-refractivity contribution in [3.63, 3.8) is 0 Å². The van der Waals surface area contributed by atoms with Gasteiger partial charge in [0.15, 0.2) is 0 Å². The Labute approximate surface area is 109 Å². The molecule has 2 atom stereocenters. The molecule has 1 aromatic rings. The quantitative estimate of drug-likeness (QED) is 0.752. The summed E-state index contributed by atoms with van der Waals surface area (Å²) in [6, 6.07) is 2.61. The molecule has 0 saturated carbocycles. The zero-order valence-electron chi connectivity index (χ0n) is 11.4. The predicted molar refractivity (Wildman–Crippen MR) is 71.3 cm³/mol. The third-order valence-electron chi connectivity index (χ3n) is 3.89. The van der Waals surface area contributed by atoms with Gasteiger partial charge in [-0.15, -0.1) is 0 Å². The van der Waals surface area contributed by atoms with Gasteiger partial charge in [0.1, 0.15) is 6.29 Å². The van der Waals surface area contributed by atoms with E-state index in [1.807, 2.05) is 10.9 Å². The van der Waals surface area contributed by atoms with Gasteiger partial charge in [-0.05, 0) is 38.8 Å².